The molecule has 0 aliphatic rings. The van der Waals surface area contributed by atoms with Crippen molar-refractivity contribution in [1.82, 2.24) is 10.3 Å². The molecule has 20 heavy (non-hydrogen) atoms. The fourth-order valence-electron chi connectivity index (χ4n) is 1.91. The molecule has 5 heteroatoms. The Labute approximate surface area is 129 Å². The maximum atomic E-state index is 5.86. The van der Waals surface area contributed by atoms with E-state index < -0.39 is 0 Å². The predicted octanol–water partition coefficient (Wildman–Crippen LogP) is 3.70. The van der Waals surface area contributed by atoms with Crippen molar-refractivity contribution in [2.45, 2.75) is 26.3 Å². The van der Waals surface area contributed by atoms with Crippen molar-refractivity contribution in [3.05, 3.63) is 45.4 Å². The number of aromatic nitrogens is 1. The van der Waals surface area contributed by atoms with Crippen LogP contribution in [0.2, 0.25) is 5.02 Å². The van der Waals surface area contributed by atoms with E-state index in [0.29, 0.717) is 6.61 Å². The maximum Gasteiger partial charge on any atom is 0.119 e. The van der Waals surface area contributed by atoms with Crippen LogP contribution in [0.3, 0.4) is 0 Å². The molecule has 1 heterocycles. The lowest BCUT2D eigenvalue weighted by Crippen LogP contribution is -2.36. The maximum absolute atomic E-state index is 5.86. The smallest absolute Gasteiger partial charge is 0.119 e. The van der Waals surface area contributed by atoms with Gasteiger partial charge in [-0.2, -0.15) is 0 Å². The van der Waals surface area contributed by atoms with Gasteiger partial charge in [0.2, 0.25) is 0 Å². The molecule has 0 bridgehead atoms. The van der Waals surface area contributed by atoms with E-state index in [0.717, 1.165) is 34.4 Å². The van der Waals surface area contributed by atoms with Crippen molar-refractivity contribution in [3.63, 3.8) is 0 Å². The average Bonchev–Trinajstić information content (AvgIpc) is 2.83. The first-order valence-electron chi connectivity index (χ1n) is 6.70. The molecule has 3 nitrogen and oxygen atoms in total. The molecule has 0 aliphatic heterocycles. The fraction of sp³-hybridized carbons (Fsp3) is 0.400. The molecule has 0 saturated heterocycles. The van der Waals surface area contributed by atoms with Gasteiger partial charge in [-0.05, 0) is 37.7 Å². The fourth-order valence-corrected chi connectivity index (χ4v) is 2.89. The molecule has 1 unspecified atom stereocenters. The molecule has 2 rings (SSSR count). The summed E-state index contributed by atoms with van der Waals surface area (Å²) >= 11 is 7.56. The molecule has 0 amide bonds. The Morgan fingerprint density at radius 2 is 2.10 bits per heavy atom. The topological polar surface area (TPSA) is 34.1 Å². The largest absolute Gasteiger partial charge is 0.492 e. The van der Waals surface area contributed by atoms with E-state index in [4.69, 9.17) is 16.3 Å². The normalized spacial score (nSPS) is 12.3. The highest BCUT2D eigenvalue weighted by Crippen LogP contribution is 2.16. The molecular formula is C15H19ClN2OS. The minimum atomic E-state index is 0.265. The van der Waals surface area contributed by atoms with Gasteiger partial charge in [0.15, 0.2) is 0 Å². The number of nitrogens with zero attached hydrogens (tertiary/aromatic N) is 1. The summed E-state index contributed by atoms with van der Waals surface area (Å²) in [6, 6.07) is 7.71. The summed E-state index contributed by atoms with van der Waals surface area (Å²) < 4.78 is 5.81. The number of aryl methyl sites for hydroxylation is 1. The minimum Gasteiger partial charge on any atom is -0.492 e. The quantitative estimate of drug-likeness (QED) is 0.846. The van der Waals surface area contributed by atoms with Crippen LogP contribution in [0.15, 0.2) is 29.6 Å². The molecule has 2 aromatic rings. The van der Waals surface area contributed by atoms with Crippen LogP contribution in [0.25, 0.3) is 0 Å². The summed E-state index contributed by atoms with van der Waals surface area (Å²) in [6.45, 7) is 5.65. The lowest BCUT2D eigenvalue weighted by molar-refractivity contribution is 0.264. The second-order valence-corrected chi connectivity index (χ2v) is 5.99. The van der Waals surface area contributed by atoms with Crippen LogP contribution in [0, 0.1) is 6.92 Å². The van der Waals surface area contributed by atoms with E-state index in [1.807, 2.05) is 31.2 Å². The monoisotopic (exact) mass is 310 g/mol. The van der Waals surface area contributed by atoms with Crippen molar-refractivity contribution in [2.24, 2.45) is 0 Å². The van der Waals surface area contributed by atoms with Gasteiger partial charge < -0.3 is 10.1 Å². The first-order valence-corrected chi connectivity index (χ1v) is 7.96. The Balaban J connectivity index is 1.90. The van der Waals surface area contributed by atoms with Crippen molar-refractivity contribution >= 4 is 22.9 Å². The van der Waals surface area contributed by atoms with Gasteiger partial charge in [0, 0.05) is 28.6 Å². The Kier molecular flexibility index (Phi) is 5.83. The molecule has 1 aromatic carbocycles. The lowest BCUT2D eigenvalue weighted by Gasteiger charge is -2.17. The zero-order chi connectivity index (χ0) is 14.4. The van der Waals surface area contributed by atoms with Crippen molar-refractivity contribution in [3.8, 4) is 5.75 Å². The molecule has 1 atom stereocenters. The standard InChI is InChI=1S/C15H19ClN2OS/c1-3-17-13(8-15-18-11(2)10-20-15)9-19-14-6-4-12(16)5-7-14/h4-7,10,13,17H,3,8-9H2,1-2H3. The number of halogens is 1. The number of ether oxygens (including phenoxy) is 1. The molecule has 1 N–H and O–H groups in total. The molecule has 0 saturated carbocycles. The number of hydrogen-bond acceptors (Lipinski definition) is 4. The van der Waals surface area contributed by atoms with E-state index >= 15 is 0 Å². The van der Waals surface area contributed by atoms with E-state index in [1.165, 1.54) is 0 Å². The van der Waals surface area contributed by atoms with E-state index in [9.17, 15) is 0 Å². The molecule has 0 spiro atoms. The van der Waals surface area contributed by atoms with Crippen LogP contribution in [0.5, 0.6) is 5.75 Å². The number of hydrogen-bond donors (Lipinski definition) is 1. The second kappa shape index (κ2) is 7.62. The molecule has 108 valence electrons. The SMILES string of the molecule is CCNC(COc1ccc(Cl)cc1)Cc1nc(C)cs1. The zero-order valence-corrected chi connectivity index (χ0v) is 13.3. The summed E-state index contributed by atoms with van der Waals surface area (Å²) in [4.78, 5) is 4.50. The van der Waals surface area contributed by atoms with Gasteiger partial charge in [-0.1, -0.05) is 18.5 Å². The third-order valence-corrected chi connectivity index (χ3v) is 4.09. The summed E-state index contributed by atoms with van der Waals surface area (Å²) in [5.74, 6) is 0.840. The third kappa shape index (κ3) is 4.78. The van der Waals surface area contributed by atoms with Crippen LogP contribution in [0.4, 0.5) is 0 Å². The molecule has 0 aliphatic carbocycles. The van der Waals surface area contributed by atoms with Crippen molar-refractivity contribution in [2.75, 3.05) is 13.2 Å². The van der Waals surface area contributed by atoms with Crippen LogP contribution in [0.1, 0.15) is 17.6 Å². The summed E-state index contributed by atoms with van der Waals surface area (Å²) in [7, 11) is 0. The average molecular weight is 311 g/mol. The highest BCUT2D eigenvalue weighted by molar-refractivity contribution is 7.09. The van der Waals surface area contributed by atoms with Gasteiger partial charge >= 0.3 is 0 Å². The second-order valence-electron chi connectivity index (χ2n) is 4.61. The number of rotatable bonds is 7. The Bertz CT molecular complexity index is 527. The first-order chi connectivity index (χ1) is 9.67. The first kappa shape index (κ1) is 15.3. The summed E-state index contributed by atoms with van der Waals surface area (Å²) in [5.41, 5.74) is 1.08. The Hall–Kier alpha value is -1.10. The van der Waals surface area contributed by atoms with Gasteiger partial charge in [0.25, 0.3) is 0 Å². The molecule has 0 fully saturated rings. The number of benzene rings is 1. The number of likely N-dealkylation sites (N-methyl/N-ethyl adjacent to an activating group) is 1. The van der Waals surface area contributed by atoms with Crippen LogP contribution < -0.4 is 10.1 Å². The van der Waals surface area contributed by atoms with E-state index in [2.05, 4.69) is 22.6 Å². The van der Waals surface area contributed by atoms with Gasteiger partial charge in [-0.15, -0.1) is 11.3 Å². The van der Waals surface area contributed by atoms with Gasteiger partial charge in [0.05, 0.1) is 5.01 Å². The van der Waals surface area contributed by atoms with Crippen LogP contribution in [-0.4, -0.2) is 24.2 Å². The van der Waals surface area contributed by atoms with Gasteiger partial charge in [-0.3, -0.25) is 0 Å². The summed E-state index contributed by atoms with van der Waals surface area (Å²) in [6.07, 6.45) is 0.889. The van der Waals surface area contributed by atoms with E-state index in [-0.39, 0.29) is 6.04 Å². The van der Waals surface area contributed by atoms with Crippen LogP contribution in [-0.2, 0) is 6.42 Å². The highest BCUT2D eigenvalue weighted by Gasteiger charge is 2.11. The Morgan fingerprint density at radius 1 is 1.35 bits per heavy atom. The Morgan fingerprint density at radius 3 is 2.70 bits per heavy atom. The number of nitrogens with one attached hydrogen (secondary N) is 1. The van der Waals surface area contributed by atoms with Crippen LogP contribution >= 0.6 is 22.9 Å². The highest BCUT2D eigenvalue weighted by atomic mass is 35.5. The molecular weight excluding hydrogens is 292 g/mol. The van der Waals surface area contributed by atoms with Gasteiger partial charge in [-0.25, -0.2) is 4.98 Å². The lowest BCUT2D eigenvalue weighted by atomic mass is 10.2. The predicted molar refractivity (Wildman–Crippen MR) is 85.0 cm³/mol. The third-order valence-electron chi connectivity index (χ3n) is 2.85. The minimum absolute atomic E-state index is 0.265. The zero-order valence-electron chi connectivity index (χ0n) is 11.7. The number of thiazole rings is 1. The van der Waals surface area contributed by atoms with Gasteiger partial charge in [0.1, 0.15) is 12.4 Å². The van der Waals surface area contributed by atoms with E-state index in [1.54, 1.807) is 11.3 Å². The molecule has 1 aromatic heterocycles. The van der Waals surface area contributed by atoms with Crippen molar-refractivity contribution < 1.29 is 4.74 Å². The summed E-state index contributed by atoms with van der Waals surface area (Å²) in [5, 5.41) is 7.39. The molecule has 0 radical (unpaired) electrons. The van der Waals surface area contributed by atoms with Crippen molar-refractivity contribution in [1.29, 1.82) is 0 Å².